The normalized spacial score (nSPS) is 11.0. The second kappa shape index (κ2) is 6.05. The molecule has 0 aromatic heterocycles. The maximum atomic E-state index is 12.5. The van der Waals surface area contributed by atoms with Gasteiger partial charge in [0.15, 0.2) is 0 Å². The molecule has 2 amide bonds. The summed E-state index contributed by atoms with van der Waals surface area (Å²) in [6.45, 7) is 0. The number of urea groups is 1. The van der Waals surface area contributed by atoms with Crippen molar-refractivity contribution in [2.75, 3.05) is 10.6 Å². The number of rotatable bonds is 2. The first-order valence-corrected chi connectivity index (χ1v) is 6.23. The van der Waals surface area contributed by atoms with Gasteiger partial charge in [0.1, 0.15) is 0 Å². The van der Waals surface area contributed by atoms with Crippen molar-refractivity contribution in [1.29, 1.82) is 0 Å². The quantitative estimate of drug-likeness (QED) is 0.804. The van der Waals surface area contributed by atoms with E-state index in [9.17, 15) is 18.0 Å². The van der Waals surface area contributed by atoms with Gasteiger partial charge in [-0.25, -0.2) is 4.79 Å². The summed E-state index contributed by atoms with van der Waals surface area (Å²) in [6, 6.07) is 10.1. The third-order valence-electron chi connectivity index (χ3n) is 2.55. The summed E-state index contributed by atoms with van der Waals surface area (Å²) in [7, 11) is 0. The van der Waals surface area contributed by atoms with Gasteiger partial charge < -0.3 is 10.6 Å². The zero-order valence-corrected chi connectivity index (χ0v) is 11.3. The molecule has 0 heterocycles. The Kier molecular flexibility index (Phi) is 4.37. The Hall–Kier alpha value is -2.21. The Morgan fingerprint density at radius 2 is 1.57 bits per heavy atom. The Labute approximate surface area is 123 Å². The summed E-state index contributed by atoms with van der Waals surface area (Å²) in [5, 5.41) is 5.33. The van der Waals surface area contributed by atoms with Crippen molar-refractivity contribution in [2.24, 2.45) is 0 Å². The molecule has 2 rings (SSSR count). The van der Waals surface area contributed by atoms with Gasteiger partial charge in [0.2, 0.25) is 0 Å². The fourth-order valence-corrected chi connectivity index (χ4v) is 1.73. The maximum Gasteiger partial charge on any atom is 0.416 e. The summed E-state index contributed by atoms with van der Waals surface area (Å²) in [6.07, 6.45) is -4.45. The van der Waals surface area contributed by atoms with Crippen molar-refractivity contribution >= 4 is 29.0 Å². The van der Waals surface area contributed by atoms with Crippen molar-refractivity contribution in [3.63, 3.8) is 0 Å². The predicted molar refractivity (Wildman–Crippen MR) is 75.5 cm³/mol. The van der Waals surface area contributed by atoms with Crippen LogP contribution in [0.4, 0.5) is 29.3 Å². The highest BCUT2D eigenvalue weighted by atomic mass is 35.5. The number of anilines is 2. The van der Waals surface area contributed by atoms with Gasteiger partial charge in [-0.15, -0.1) is 0 Å². The maximum absolute atomic E-state index is 12.5. The minimum atomic E-state index is -4.45. The van der Waals surface area contributed by atoms with Crippen LogP contribution in [-0.2, 0) is 6.18 Å². The first-order valence-electron chi connectivity index (χ1n) is 5.85. The highest BCUT2D eigenvalue weighted by Crippen LogP contribution is 2.30. The average molecular weight is 315 g/mol. The van der Waals surface area contributed by atoms with Crippen LogP contribution in [0.25, 0.3) is 0 Å². The Morgan fingerprint density at radius 1 is 0.952 bits per heavy atom. The van der Waals surface area contributed by atoms with E-state index in [1.165, 1.54) is 12.1 Å². The number of nitrogens with one attached hydrogen (secondary N) is 2. The van der Waals surface area contributed by atoms with Crippen LogP contribution in [0.15, 0.2) is 48.5 Å². The molecule has 0 spiro atoms. The first-order chi connectivity index (χ1) is 9.84. The highest BCUT2D eigenvalue weighted by Gasteiger charge is 2.30. The van der Waals surface area contributed by atoms with E-state index in [-0.39, 0.29) is 5.69 Å². The van der Waals surface area contributed by atoms with Gasteiger partial charge in [-0.2, -0.15) is 13.2 Å². The first kappa shape index (κ1) is 15.2. The Bertz CT molecular complexity index is 641. The van der Waals surface area contributed by atoms with E-state index in [1.807, 2.05) is 0 Å². The molecule has 7 heteroatoms. The van der Waals surface area contributed by atoms with E-state index >= 15 is 0 Å². The molecular weight excluding hydrogens is 305 g/mol. The molecule has 21 heavy (non-hydrogen) atoms. The van der Waals surface area contributed by atoms with Gasteiger partial charge in [-0.05, 0) is 42.5 Å². The van der Waals surface area contributed by atoms with E-state index in [1.54, 1.807) is 24.3 Å². The fraction of sp³-hybridized carbons (Fsp3) is 0.0714. The lowest BCUT2D eigenvalue weighted by Crippen LogP contribution is -2.19. The average Bonchev–Trinajstić information content (AvgIpc) is 2.41. The molecule has 0 aliphatic rings. The van der Waals surface area contributed by atoms with E-state index in [0.717, 1.165) is 12.1 Å². The van der Waals surface area contributed by atoms with Gasteiger partial charge >= 0.3 is 12.2 Å². The molecule has 0 saturated carbocycles. The number of carbonyl (C=O) groups is 1. The van der Waals surface area contributed by atoms with Crippen LogP contribution in [0.2, 0.25) is 5.02 Å². The van der Waals surface area contributed by atoms with Gasteiger partial charge in [0.25, 0.3) is 0 Å². The molecule has 0 atom stereocenters. The smallest absolute Gasteiger partial charge is 0.308 e. The third-order valence-corrected chi connectivity index (χ3v) is 2.80. The van der Waals surface area contributed by atoms with Crippen LogP contribution in [0, 0.1) is 0 Å². The monoisotopic (exact) mass is 314 g/mol. The van der Waals surface area contributed by atoms with Crippen molar-refractivity contribution in [2.45, 2.75) is 6.18 Å². The van der Waals surface area contributed by atoms with E-state index in [4.69, 9.17) is 11.6 Å². The molecule has 0 aliphatic carbocycles. The molecule has 0 aliphatic heterocycles. The molecular formula is C14H10ClF3N2O. The predicted octanol–water partition coefficient (Wildman–Crippen LogP) is 5.00. The van der Waals surface area contributed by atoms with Crippen LogP contribution in [0.3, 0.4) is 0 Å². The molecule has 2 N–H and O–H groups in total. The van der Waals surface area contributed by atoms with E-state index in [2.05, 4.69) is 10.6 Å². The molecule has 0 saturated heterocycles. The SMILES string of the molecule is O=C(Nc1ccc(Cl)cc1)Nc1cccc(C(F)(F)F)c1. The molecule has 0 radical (unpaired) electrons. The highest BCUT2D eigenvalue weighted by molar-refractivity contribution is 6.30. The topological polar surface area (TPSA) is 41.1 Å². The lowest BCUT2D eigenvalue weighted by atomic mass is 10.2. The van der Waals surface area contributed by atoms with Gasteiger partial charge in [-0.1, -0.05) is 17.7 Å². The van der Waals surface area contributed by atoms with Crippen LogP contribution < -0.4 is 10.6 Å². The van der Waals surface area contributed by atoms with Gasteiger partial charge in [0.05, 0.1) is 5.56 Å². The van der Waals surface area contributed by atoms with Crippen molar-refractivity contribution in [3.8, 4) is 0 Å². The molecule has 2 aromatic rings. The van der Waals surface area contributed by atoms with Crippen LogP contribution >= 0.6 is 11.6 Å². The summed E-state index contributed by atoms with van der Waals surface area (Å²) < 4.78 is 37.6. The summed E-state index contributed by atoms with van der Waals surface area (Å²) in [5.41, 5.74) is -0.299. The van der Waals surface area contributed by atoms with Gasteiger partial charge in [0, 0.05) is 16.4 Å². The molecule has 0 bridgehead atoms. The number of hydrogen-bond donors (Lipinski definition) is 2. The number of hydrogen-bond acceptors (Lipinski definition) is 1. The van der Waals surface area contributed by atoms with Crippen LogP contribution in [0.5, 0.6) is 0 Å². The van der Waals surface area contributed by atoms with Crippen molar-refractivity contribution < 1.29 is 18.0 Å². The fourth-order valence-electron chi connectivity index (χ4n) is 1.60. The van der Waals surface area contributed by atoms with Gasteiger partial charge in [-0.3, -0.25) is 0 Å². The van der Waals surface area contributed by atoms with E-state index < -0.39 is 17.8 Å². The second-order valence-electron chi connectivity index (χ2n) is 4.16. The van der Waals surface area contributed by atoms with Crippen LogP contribution in [-0.4, -0.2) is 6.03 Å². The summed E-state index contributed by atoms with van der Waals surface area (Å²) in [5.74, 6) is 0. The molecule has 0 fully saturated rings. The summed E-state index contributed by atoms with van der Waals surface area (Å²) >= 11 is 5.70. The number of benzene rings is 2. The number of amides is 2. The number of alkyl halides is 3. The third kappa shape index (κ3) is 4.39. The molecule has 2 aromatic carbocycles. The summed E-state index contributed by atoms with van der Waals surface area (Å²) in [4.78, 5) is 11.7. The minimum Gasteiger partial charge on any atom is -0.308 e. The number of halogens is 4. The number of carbonyl (C=O) groups excluding carboxylic acids is 1. The van der Waals surface area contributed by atoms with Crippen molar-refractivity contribution in [1.82, 2.24) is 0 Å². The largest absolute Gasteiger partial charge is 0.416 e. The Morgan fingerprint density at radius 3 is 2.19 bits per heavy atom. The van der Waals surface area contributed by atoms with E-state index in [0.29, 0.717) is 10.7 Å². The molecule has 3 nitrogen and oxygen atoms in total. The zero-order chi connectivity index (χ0) is 15.5. The second-order valence-corrected chi connectivity index (χ2v) is 4.60. The lowest BCUT2D eigenvalue weighted by molar-refractivity contribution is -0.137. The van der Waals surface area contributed by atoms with Crippen molar-refractivity contribution in [3.05, 3.63) is 59.1 Å². The molecule has 0 unspecified atom stereocenters. The molecule has 110 valence electrons. The lowest BCUT2D eigenvalue weighted by Gasteiger charge is -2.10. The van der Waals surface area contributed by atoms with Crippen LogP contribution in [0.1, 0.15) is 5.56 Å². The Balaban J connectivity index is 2.04. The standard InChI is InChI=1S/C14H10ClF3N2O/c15-10-4-6-11(7-5-10)19-13(21)20-12-3-1-2-9(8-12)14(16,17)18/h1-8H,(H2,19,20,21). The minimum absolute atomic E-state index is 0.0521. The zero-order valence-electron chi connectivity index (χ0n) is 10.5.